The molecule has 0 aliphatic carbocycles. The predicted molar refractivity (Wildman–Crippen MR) is 344 cm³/mol. The van der Waals surface area contributed by atoms with Crippen molar-refractivity contribution in [1.29, 1.82) is 0 Å². The molecule has 1 unspecified atom stereocenters. The Labute approximate surface area is 493 Å². The third-order valence-corrected chi connectivity index (χ3v) is 16.1. The van der Waals surface area contributed by atoms with Crippen LogP contribution in [0.1, 0.15) is 393 Å². The molecule has 0 radical (unpaired) electrons. The maximum atomic E-state index is 12.9. The molecule has 79 heavy (non-hydrogen) atoms. The minimum atomic E-state index is -0.767. The first kappa shape index (κ1) is 76.6. The van der Waals surface area contributed by atoms with Gasteiger partial charge in [-0.2, -0.15) is 0 Å². The lowest BCUT2D eigenvalue weighted by atomic mass is 10.0. The lowest BCUT2D eigenvalue weighted by Gasteiger charge is -2.18. The molecule has 0 N–H and O–H groups in total. The number of esters is 3. The monoisotopic (exact) mass is 1110 g/mol. The molecule has 0 aromatic rings. The first-order valence-corrected chi connectivity index (χ1v) is 35.5. The van der Waals surface area contributed by atoms with Gasteiger partial charge in [0.05, 0.1) is 0 Å². The highest BCUT2D eigenvalue weighted by molar-refractivity contribution is 5.71. The summed E-state index contributed by atoms with van der Waals surface area (Å²) in [6.07, 6.45) is 84.6. The van der Waals surface area contributed by atoms with Crippen LogP contribution in [0, 0.1) is 0 Å². The number of unbranched alkanes of at least 4 members (excludes halogenated alkanes) is 49. The molecule has 0 spiro atoms. The van der Waals surface area contributed by atoms with E-state index in [1.165, 1.54) is 283 Å². The van der Waals surface area contributed by atoms with E-state index in [1.54, 1.807) is 0 Å². The summed E-state index contributed by atoms with van der Waals surface area (Å²) < 4.78 is 17.0. The molecule has 0 bridgehead atoms. The van der Waals surface area contributed by atoms with Gasteiger partial charge in [-0.05, 0) is 57.8 Å². The molecule has 0 saturated heterocycles. The molecule has 0 heterocycles. The van der Waals surface area contributed by atoms with E-state index in [-0.39, 0.29) is 31.1 Å². The fraction of sp³-hybridized carbons (Fsp3) is 0.877. The highest BCUT2D eigenvalue weighted by Gasteiger charge is 2.19. The zero-order valence-electron chi connectivity index (χ0n) is 53.4. The van der Waals surface area contributed by atoms with Crippen molar-refractivity contribution in [3.8, 4) is 0 Å². The van der Waals surface area contributed by atoms with E-state index in [1.807, 2.05) is 0 Å². The fourth-order valence-electron chi connectivity index (χ4n) is 10.8. The Kier molecular flexibility index (Phi) is 66.1. The van der Waals surface area contributed by atoms with Gasteiger partial charge in [0, 0.05) is 19.3 Å². The largest absolute Gasteiger partial charge is 0.462 e. The van der Waals surface area contributed by atoms with Gasteiger partial charge in [0.2, 0.25) is 0 Å². The van der Waals surface area contributed by atoms with Gasteiger partial charge in [-0.1, -0.05) is 353 Å². The first-order valence-electron chi connectivity index (χ1n) is 35.5. The molecule has 464 valence electrons. The molecule has 0 fully saturated rings. The molecule has 6 heteroatoms. The van der Waals surface area contributed by atoms with Crippen LogP contribution in [0.5, 0.6) is 0 Å². The maximum Gasteiger partial charge on any atom is 0.306 e. The third-order valence-electron chi connectivity index (χ3n) is 16.1. The smallest absolute Gasteiger partial charge is 0.306 e. The Hall–Kier alpha value is -2.37. The van der Waals surface area contributed by atoms with Gasteiger partial charge < -0.3 is 14.2 Å². The van der Waals surface area contributed by atoms with E-state index in [9.17, 15) is 14.4 Å². The third kappa shape index (κ3) is 66.3. The van der Waals surface area contributed by atoms with Crippen LogP contribution in [0.2, 0.25) is 0 Å². The summed E-state index contributed by atoms with van der Waals surface area (Å²) in [6, 6.07) is 0. The van der Waals surface area contributed by atoms with Crippen molar-refractivity contribution < 1.29 is 28.6 Å². The van der Waals surface area contributed by atoms with E-state index in [0.29, 0.717) is 19.3 Å². The molecule has 1 atom stereocenters. The number of hydrogen-bond donors (Lipinski definition) is 0. The van der Waals surface area contributed by atoms with Crippen molar-refractivity contribution in [2.75, 3.05) is 13.2 Å². The number of ether oxygens (including phenoxy) is 3. The van der Waals surface area contributed by atoms with Crippen LogP contribution < -0.4 is 0 Å². The number of rotatable bonds is 66. The highest BCUT2D eigenvalue weighted by Crippen LogP contribution is 2.19. The maximum absolute atomic E-state index is 12.9. The van der Waals surface area contributed by atoms with Gasteiger partial charge in [0.1, 0.15) is 13.2 Å². The van der Waals surface area contributed by atoms with Crippen molar-refractivity contribution in [3.63, 3.8) is 0 Å². The normalized spacial score (nSPS) is 12.2. The van der Waals surface area contributed by atoms with Crippen LogP contribution >= 0.6 is 0 Å². The van der Waals surface area contributed by atoms with E-state index < -0.39 is 6.10 Å². The molecule has 0 saturated carbocycles. The zero-order chi connectivity index (χ0) is 57.1. The Morgan fingerprint density at radius 1 is 0.253 bits per heavy atom. The van der Waals surface area contributed by atoms with Crippen LogP contribution in [-0.2, 0) is 28.6 Å². The second-order valence-corrected chi connectivity index (χ2v) is 24.2. The molecule has 0 aromatic heterocycles. The van der Waals surface area contributed by atoms with E-state index in [2.05, 4.69) is 57.2 Å². The van der Waals surface area contributed by atoms with E-state index in [0.717, 1.165) is 70.6 Å². The molecule has 6 nitrogen and oxygen atoms in total. The lowest BCUT2D eigenvalue weighted by molar-refractivity contribution is -0.167. The van der Waals surface area contributed by atoms with Crippen LogP contribution in [0.25, 0.3) is 0 Å². The standard InChI is InChI=1S/C73H136O6/c1-4-7-10-13-16-19-22-25-27-29-30-31-32-33-34-35-36-37-38-39-40-41-42-44-45-48-51-54-57-60-63-66-72(75)78-69-70(68-77-71(74)65-62-59-56-53-50-47-24-21-18-15-12-9-6-3)79-73(76)67-64-61-58-55-52-49-46-43-28-26-23-20-17-14-11-8-5-2/h22,25,29-30,32-33,70H,4-21,23-24,26-28,31,34-69H2,1-3H3/b25-22-,30-29-,33-32-. The van der Waals surface area contributed by atoms with Gasteiger partial charge in [-0.3, -0.25) is 14.4 Å². The molecule has 0 aliphatic heterocycles. The molecule has 0 aromatic carbocycles. The van der Waals surface area contributed by atoms with Crippen LogP contribution in [0.4, 0.5) is 0 Å². The van der Waals surface area contributed by atoms with Gasteiger partial charge in [0.25, 0.3) is 0 Å². The molecule has 0 rings (SSSR count). The Morgan fingerprint density at radius 2 is 0.456 bits per heavy atom. The number of carbonyl (C=O) groups is 3. The summed E-state index contributed by atoms with van der Waals surface area (Å²) in [4.78, 5) is 38.4. The predicted octanol–water partition coefficient (Wildman–Crippen LogP) is 24.3. The Morgan fingerprint density at radius 3 is 0.709 bits per heavy atom. The van der Waals surface area contributed by atoms with Gasteiger partial charge in [-0.25, -0.2) is 0 Å². The fourth-order valence-corrected chi connectivity index (χ4v) is 10.8. The summed E-state index contributed by atoms with van der Waals surface area (Å²) in [6.45, 7) is 6.70. The molecular formula is C73H136O6. The topological polar surface area (TPSA) is 78.9 Å². The molecular weight excluding hydrogens is 973 g/mol. The van der Waals surface area contributed by atoms with E-state index >= 15 is 0 Å². The Bertz CT molecular complexity index is 1320. The summed E-state index contributed by atoms with van der Waals surface area (Å²) in [5.74, 6) is -0.834. The van der Waals surface area contributed by atoms with Crippen molar-refractivity contribution in [2.24, 2.45) is 0 Å². The molecule has 0 aliphatic rings. The summed E-state index contributed by atoms with van der Waals surface area (Å²) in [5, 5.41) is 0. The van der Waals surface area contributed by atoms with Crippen LogP contribution in [-0.4, -0.2) is 37.2 Å². The SMILES string of the molecule is CCCCCCC/C=C\C/C=C\C/C=C\CCCCCCCCCCCCCCCCCCC(=O)OCC(COC(=O)CCCCCCCCCCCCCCC)OC(=O)CCCCCCCCCCCCCCCCCCC. The van der Waals surface area contributed by atoms with E-state index in [4.69, 9.17) is 14.2 Å². The van der Waals surface area contributed by atoms with Gasteiger partial charge in [0.15, 0.2) is 6.10 Å². The second kappa shape index (κ2) is 68.1. The highest BCUT2D eigenvalue weighted by atomic mass is 16.6. The number of allylic oxidation sites excluding steroid dienone is 6. The second-order valence-electron chi connectivity index (χ2n) is 24.2. The minimum Gasteiger partial charge on any atom is -0.462 e. The quantitative estimate of drug-likeness (QED) is 0.0261. The van der Waals surface area contributed by atoms with Crippen LogP contribution in [0.3, 0.4) is 0 Å². The first-order chi connectivity index (χ1) is 39.0. The van der Waals surface area contributed by atoms with Crippen molar-refractivity contribution in [3.05, 3.63) is 36.5 Å². The van der Waals surface area contributed by atoms with Gasteiger partial charge in [-0.15, -0.1) is 0 Å². The Balaban J connectivity index is 4.15. The molecule has 0 amide bonds. The number of hydrogen-bond acceptors (Lipinski definition) is 6. The summed E-state index contributed by atoms with van der Waals surface area (Å²) >= 11 is 0. The van der Waals surface area contributed by atoms with Crippen molar-refractivity contribution in [1.82, 2.24) is 0 Å². The van der Waals surface area contributed by atoms with Crippen LogP contribution in [0.15, 0.2) is 36.5 Å². The average molecular weight is 1110 g/mol. The van der Waals surface area contributed by atoms with Crippen molar-refractivity contribution in [2.45, 2.75) is 399 Å². The minimum absolute atomic E-state index is 0.0646. The zero-order valence-corrected chi connectivity index (χ0v) is 53.4. The van der Waals surface area contributed by atoms with Crippen molar-refractivity contribution >= 4 is 17.9 Å². The summed E-state index contributed by atoms with van der Waals surface area (Å²) in [5.41, 5.74) is 0. The summed E-state index contributed by atoms with van der Waals surface area (Å²) in [7, 11) is 0. The van der Waals surface area contributed by atoms with Gasteiger partial charge >= 0.3 is 17.9 Å². The number of carbonyl (C=O) groups excluding carboxylic acids is 3. The lowest BCUT2D eigenvalue weighted by Crippen LogP contribution is -2.30. The average Bonchev–Trinajstić information content (AvgIpc) is 3.45.